The van der Waals surface area contributed by atoms with Gasteiger partial charge in [0.1, 0.15) is 17.8 Å². The lowest BCUT2D eigenvalue weighted by Crippen LogP contribution is -2.02. The van der Waals surface area contributed by atoms with Gasteiger partial charge in [0.15, 0.2) is 12.4 Å². The van der Waals surface area contributed by atoms with Gasteiger partial charge in [0.25, 0.3) is 0 Å². The minimum Gasteiger partial charge on any atom is -0.480 e. The van der Waals surface area contributed by atoms with Crippen LogP contribution in [0.1, 0.15) is 5.89 Å². The van der Waals surface area contributed by atoms with Gasteiger partial charge in [-0.25, -0.2) is 9.37 Å². The maximum absolute atomic E-state index is 13.5. The van der Waals surface area contributed by atoms with Crippen LogP contribution >= 0.6 is 11.6 Å². The first kappa shape index (κ1) is 11.7. The zero-order chi connectivity index (χ0) is 12.3. The van der Waals surface area contributed by atoms with E-state index in [0.29, 0.717) is 10.9 Å². The maximum atomic E-state index is 13.5. The van der Waals surface area contributed by atoms with Crippen LogP contribution in [0.5, 0.6) is 5.75 Å². The summed E-state index contributed by atoms with van der Waals surface area (Å²) in [5.41, 5.74) is 0.212. The second-order valence-corrected chi connectivity index (χ2v) is 3.61. The van der Waals surface area contributed by atoms with Crippen molar-refractivity contribution in [2.45, 2.75) is 6.61 Å². The van der Waals surface area contributed by atoms with Crippen LogP contribution in [0, 0.1) is 5.82 Å². The molecule has 0 aliphatic carbocycles. The van der Waals surface area contributed by atoms with Crippen molar-refractivity contribution in [1.82, 2.24) is 4.98 Å². The Balaban J connectivity index is 2.22. The van der Waals surface area contributed by atoms with E-state index in [4.69, 9.17) is 20.8 Å². The van der Waals surface area contributed by atoms with E-state index in [1.54, 1.807) is 7.05 Å². The second kappa shape index (κ2) is 5.05. The molecular formula is C11H10ClFN2O2. The molecule has 0 saturated heterocycles. The van der Waals surface area contributed by atoms with Gasteiger partial charge in [-0.3, -0.25) is 0 Å². The minimum atomic E-state index is -0.431. The van der Waals surface area contributed by atoms with Crippen molar-refractivity contribution in [3.63, 3.8) is 0 Å². The number of aromatic nitrogens is 1. The number of oxazole rings is 1. The molecule has 1 aromatic carbocycles. The quantitative estimate of drug-likeness (QED) is 0.913. The normalized spacial score (nSPS) is 10.3. The average molecular weight is 257 g/mol. The highest BCUT2D eigenvalue weighted by Crippen LogP contribution is 2.35. The van der Waals surface area contributed by atoms with E-state index in [1.807, 2.05) is 0 Å². The van der Waals surface area contributed by atoms with Gasteiger partial charge in [-0.15, -0.1) is 0 Å². The molecule has 0 amide bonds. The molecule has 6 heteroatoms. The monoisotopic (exact) mass is 256 g/mol. The average Bonchev–Trinajstić information content (AvgIpc) is 2.83. The predicted octanol–water partition coefficient (Wildman–Crippen LogP) is 3.09. The van der Waals surface area contributed by atoms with E-state index in [9.17, 15) is 4.39 Å². The molecule has 2 aromatic rings. The van der Waals surface area contributed by atoms with Crippen molar-refractivity contribution in [3.8, 4) is 5.75 Å². The predicted molar refractivity (Wildman–Crippen MR) is 61.8 cm³/mol. The van der Waals surface area contributed by atoms with Crippen molar-refractivity contribution in [2.75, 3.05) is 12.4 Å². The van der Waals surface area contributed by atoms with Crippen molar-refractivity contribution in [3.05, 3.63) is 41.3 Å². The number of nitrogens with one attached hydrogen (secondary N) is 1. The molecule has 0 saturated carbocycles. The van der Waals surface area contributed by atoms with Crippen molar-refractivity contribution in [2.24, 2.45) is 0 Å². The van der Waals surface area contributed by atoms with Gasteiger partial charge in [0, 0.05) is 7.05 Å². The van der Waals surface area contributed by atoms with Gasteiger partial charge < -0.3 is 14.5 Å². The third-order valence-electron chi connectivity index (χ3n) is 2.13. The van der Waals surface area contributed by atoms with Crippen LogP contribution in [-0.4, -0.2) is 12.0 Å². The van der Waals surface area contributed by atoms with Crippen LogP contribution in [0.3, 0.4) is 0 Å². The largest absolute Gasteiger partial charge is 0.480 e. The Morgan fingerprint density at radius 3 is 3.00 bits per heavy atom. The van der Waals surface area contributed by atoms with Gasteiger partial charge in [0.2, 0.25) is 5.89 Å². The van der Waals surface area contributed by atoms with E-state index in [1.165, 1.54) is 24.6 Å². The number of nitrogens with zero attached hydrogens (tertiary/aromatic N) is 1. The third kappa shape index (κ3) is 2.50. The molecule has 0 fully saturated rings. The van der Waals surface area contributed by atoms with E-state index in [0.717, 1.165) is 0 Å². The van der Waals surface area contributed by atoms with Crippen LogP contribution in [0.4, 0.5) is 10.1 Å². The molecule has 0 radical (unpaired) electrons. The number of anilines is 1. The fourth-order valence-electron chi connectivity index (χ4n) is 1.37. The first-order chi connectivity index (χ1) is 8.22. The van der Waals surface area contributed by atoms with E-state index >= 15 is 0 Å². The fourth-order valence-corrected chi connectivity index (χ4v) is 1.58. The number of halogens is 2. The zero-order valence-electron chi connectivity index (χ0n) is 9.04. The van der Waals surface area contributed by atoms with Gasteiger partial charge in [-0.2, -0.15) is 0 Å². The minimum absolute atomic E-state index is 0.0881. The lowest BCUT2D eigenvalue weighted by atomic mass is 10.3. The third-order valence-corrected chi connectivity index (χ3v) is 2.43. The Kier molecular flexibility index (Phi) is 3.49. The Morgan fingerprint density at radius 1 is 1.53 bits per heavy atom. The van der Waals surface area contributed by atoms with Crippen LogP contribution < -0.4 is 10.1 Å². The number of ether oxygens (including phenoxy) is 1. The summed E-state index contributed by atoms with van der Waals surface area (Å²) < 4.78 is 23.9. The van der Waals surface area contributed by atoms with Gasteiger partial charge in [-0.05, 0) is 12.1 Å². The van der Waals surface area contributed by atoms with E-state index in [2.05, 4.69) is 10.3 Å². The Morgan fingerprint density at radius 2 is 2.35 bits per heavy atom. The lowest BCUT2D eigenvalue weighted by molar-refractivity contribution is 0.263. The summed E-state index contributed by atoms with van der Waals surface area (Å²) in [4.78, 5) is 3.89. The molecule has 0 atom stereocenters. The van der Waals surface area contributed by atoms with Crippen LogP contribution in [-0.2, 0) is 6.61 Å². The Bertz CT molecular complexity index is 502. The molecular weight excluding hydrogens is 247 g/mol. The first-order valence-corrected chi connectivity index (χ1v) is 5.27. The van der Waals surface area contributed by atoms with Crippen molar-refractivity contribution < 1.29 is 13.5 Å². The molecule has 90 valence electrons. The Hall–Kier alpha value is -1.75. The molecule has 17 heavy (non-hydrogen) atoms. The Labute approximate surface area is 102 Å². The molecule has 0 spiro atoms. The molecule has 0 bridgehead atoms. The SMILES string of the molecule is CNc1c(F)ccc(Cl)c1OCc1ncco1. The highest BCUT2D eigenvalue weighted by atomic mass is 35.5. The van der Waals surface area contributed by atoms with Gasteiger partial charge >= 0.3 is 0 Å². The van der Waals surface area contributed by atoms with Crippen LogP contribution in [0.25, 0.3) is 0 Å². The van der Waals surface area contributed by atoms with Crippen molar-refractivity contribution in [1.29, 1.82) is 0 Å². The summed E-state index contributed by atoms with van der Waals surface area (Å²) in [6.07, 6.45) is 2.94. The van der Waals surface area contributed by atoms with E-state index < -0.39 is 5.82 Å². The number of rotatable bonds is 4. The zero-order valence-corrected chi connectivity index (χ0v) is 9.79. The molecule has 1 heterocycles. The summed E-state index contributed by atoms with van der Waals surface area (Å²) in [5, 5.41) is 3.02. The highest BCUT2D eigenvalue weighted by Gasteiger charge is 2.13. The molecule has 1 aromatic heterocycles. The summed E-state index contributed by atoms with van der Waals surface area (Å²) in [5.74, 6) is 0.207. The summed E-state index contributed by atoms with van der Waals surface area (Å²) >= 11 is 5.94. The summed E-state index contributed by atoms with van der Waals surface area (Å²) in [6, 6.07) is 2.70. The molecule has 2 rings (SSSR count). The van der Waals surface area contributed by atoms with E-state index in [-0.39, 0.29) is 18.0 Å². The molecule has 0 aliphatic heterocycles. The van der Waals surface area contributed by atoms with Crippen LogP contribution in [0.2, 0.25) is 5.02 Å². The summed E-state index contributed by atoms with van der Waals surface area (Å²) in [7, 11) is 1.59. The number of benzene rings is 1. The first-order valence-electron chi connectivity index (χ1n) is 4.89. The smallest absolute Gasteiger partial charge is 0.232 e. The van der Waals surface area contributed by atoms with Gasteiger partial charge in [-0.1, -0.05) is 11.6 Å². The molecule has 0 unspecified atom stereocenters. The number of hydrogen-bond acceptors (Lipinski definition) is 4. The topological polar surface area (TPSA) is 47.3 Å². The number of hydrogen-bond donors (Lipinski definition) is 1. The summed E-state index contributed by atoms with van der Waals surface area (Å²) in [6.45, 7) is 0.0881. The second-order valence-electron chi connectivity index (χ2n) is 3.20. The standard InChI is InChI=1S/C11H10ClFN2O2/c1-14-10-8(13)3-2-7(12)11(10)17-6-9-15-4-5-16-9/h2-5,14H,6H2,1H3. The lowest BCUT2D eigenvalue weighted by Gasteiger charge is -2.12. The maximum Gasteiger partial charge on any atom is 0.232 e. The molecule has 4 nitrogen and oxygen atoms in total. The molecule has 1 N–H and O–H groups in total. The van der Waals surface area contributed by atoms with Crippen molar-refractivity contribution >= 4 is 17.3 Å². The van der Waals surface area contributed by atoms with Crippen LogP contribution in [0.15, 0.2) is 29.0 Å². The fraction of sp³-hybridized carbons (Fsp3) is 0.182. The highest BCUT2D eigenvalue weighted by molar-refractivity contribution is 6.32. The van der Waals surface area contributed by atoms with Gasteiger partial charge in [0.05, 0.1) is 11.2 Å². The molecule has 0 aliphatic rings.